The number of hydrogen-bond donors (Lipinski definition) is 1. The van der Waals surface area contributed by atoms with E-state index in [4.69, 9.17) is 4.84 Å². The average molecular weight is 406 g/mol. The van der Waals surface area contributed by atoms with Crippen molar-refractivity contribution >= 4 is 28.3 Å². The van der Waals surface area contributed by atoms with E-state index in [1.54, 1.807) is 12.4 Å². The summed E-state index contributed by atoms with van der Waals surface area (Å²) in [7, 11) is 0. The van der Waals surface area contributed by atoms with Crippen LogP contribution in [0.4, 0.5) is 0 Å². The third-order valence-corrected chi connectivity index (χ3v) is 6.48. The summed E-state index contributed by atoms with van der Waals surface area (Å²) in [5.41, 5.74) is 1.51. The topological polar surface area (TPSA) is 83.9 Å². The fourth-order valence-corrected chi connectivity index (χ4v) is 4.75. The summed E-state index contributed by atoms with van der Waals surface area (Å²) in [6.45, 7) is 2.66. The van der Waals surface area contributed by atoms with Crippen LogP contribution in [-0.2, 0) is 9.63 Å². The highest BCUT2D eigenvalue weighted by Crippen LogP contribution is 2.41. The molecule has 3 heterocycles. The first kappa shape index (κ1) is 19.0. The SMILES string of the molecule is CCC1=NOC(C(=O)N2CC[C@@H](NC(=O)c3cncc4ccccc34)[C@@H]2C2CC2)C1. The molecule has 1 aliphatic carbocycles. The predicted molar refractivity (Wildman–Crippen MR) is 113 cm³/mol. The first-order valence-electron chi connectivity index (χ1n) is 10.8. The number of carbonyl (C=O) groups is 2. The van der Waals surface area contributed by atoms with Crippen LogP contribution in [0, 0.1) is 5.92 Å². The van der Waals surface area contributed by atoms with Gasteiger partial charge in [0.25, 0.3) is 11.8 Å². The Kier molecular flexibility index (Phi) is 4.89. The fraction of sp³-hybridized carbons (Fsp3) is 0.478. The lowest BCUT2D eigenvalue weighted by Gasteiger charge is -2.30. The molecule has 7 heteroatoms. The van der Waals surface area contributed by atoms with Gasteiger partial charge < -0.3 is 15.1 Å². The molecule has 1 unspecified atom stereocenters. The second-order valence-corrected chi connectivity index (χ2v) is 8.45. The Morgan fingerprint density at radius 2 is 2.03 bits per heavy atom. The number of nitrogens with one attached hydrogen (secondary N) is 1. The molecule has 5 rings (SSSR count). The first-order chi connectivity index (χ1) is 14.7. The number of pyridine rings is 1. The van der Waals surface area contributed by atoms with E-state index >= 15 is 0 Å². The summed E-state index contributed by atoms with van der Waals surface area (Å²) < 4.78 is 0. The summed E-state index contributed by atoms with van der Waals surface area (Å²) in [5, 5.41) is 9.09. The molecule has 1 aromatic carbocycles. The zero-order valence-electron chi connectivity index (χ0n) is 17.1. The Hall–Kier alpha value is -2.96. The van der Waals surface area contributed by atoms with Crippen LogP contribution in [0.5, 0.6) is 0 Å². The standard InChI is InChI=1S/C23H26N4O3/c1-2-16-11-20(30-26-16)23(29)27-10-9-19(21(27)14-7-8-14)25-22(28)18-13-24-12-15-5-3-4-6-17(15)18/h3-6,12-14,19-21H,2,7-11H2,1H3,(H,25,28)/t19-,20?,21+/m1/s1. The minimum absolute atomic E-state index is 0.00248. The van der Waals surface area contributed by atoms with Crippen LogP contribution in [0.15, 0.2) is 41.8 Å². The van der Waals surface area contributed by atoms with Crippen molar-refractivity contribution in [2.45, 2.75) is 57.2 Å². The van der Waals surface area contributed by atoms with Crippen LogP contribution >= 0.6 is 0 Å². The van der Waals surface area contributed by atoms with Crippen molar-refractivity contribution in [3.05, 3.63) is 42.2 Å². The van der Waals surface area contributed by atoms with Gasteiger partial charge in [-0.15, -0.1) is 0 Å². The molecule has 1 saturated carbocycles. The molecule has 2 aromatic rings. The first-order valence-corrected chi connectivity index (χ1v) is 10.8. The number of fused-ring (bicyclic) bond motifs is 1. The number of benzene rings is 1. The largest absolute Gasteiger partial charge is 0.382 e. The molecule has 0 spiro atoms. The molecule has 156 valence electrons. The number of nitrogens with zero attached hydrogens (tertiary/aromatic N) is 3. The van der Waals surface area contributed by atoms with Gasteiger partial charge in [0.15, 0.2) is 0 Å². The molecule has 1 N–H and O–H groups in total. The monoisotopic (exact) mass is 406 g/mol. The smallest absolute Gasteiger partial charge is 0.267 e. The van der Waals surface area contributed by atoms with Crippen molar-refractivity contribution in [2.75, 3.05) is 6.54 Å². The zero-order valence-corrected chi connectivity index (χ0v) is 17.1. The van der Waals surface area contributed by atoms with Crippen LogP contribution < -0.4 is 5.32 Å². The Bertz CT molecular complexity index is 1010. The van der Waals surface area contributed by atoms with E-state index in [1.165, 1.54) is 0 Å². The predicted octanol–water partition coefficient (Wildman–Crippen LogP) is 2.90. The summed E-state index contributed by atoms with van der Waals surface area (Å²) in [5.74, 6) is 0.320. The van der Waals surface area contributed by atoms with Crippen molar-refractivity contribution in [3.8, 4) is 0 Å². The summed E-state index contributed by atoms with van der Waals surface area (Å²) >= 11 is 0. The lowest BCUT2D eigenvalue weighted by Crippen LogP contribution is -2.50. The van der Waals surface area contributed by atoms with Gasteiger partial charge in [0.2, 0.25) is 6.10 Å². The molecule has 2 amide bonds. The minimum Gasteiger partial charge on any atom is -0.382 e. The normalized spacial score (nSPS) is 25.8. The van der Waals surface area contributed by atoms with Crippen LogP contribution in [-0.4, -0.2) is 52.1 Å². The molecule has 3 atom stereocenters. The lowest BCUT2D eigenvalue weighted by molar-refractivity contribution is -0.143. The molecule has 7 nitrogen and oxygen atoms in total. The van der Waals surface area contributed by atoms with Gasteiger partial charge in [-0.1, -0.05) is 36.3 Å². The summed E-state index contributed by atoms with van der Waals surface area (Å²) in [6.07, 6.45) is 7.19. The Morgan fingerprint density at radius 1 is 1.20 bits per heavy atom. The van der Waals surface area contributed by atoms with Gasteiger partial charge in [-0.2, -0.15) is 0 Å². The van der Waals surface area contributed by atoms with Crippen molar-refractivity contribution in [1.82, 2.24) is 15.2 Å². The van der Waals surface area contributed by atoms with Crippen molar-refractivity contribution in [1.29, 1.82) is 0 Å². The highest BCUT2D eigenvalue weighted by Gasteiger charge is 2.48. The molecule has 2 aliphatic heterocycles. The van der Waals surface area contributed by atoms with Gasteiger partial charge in [0, 0.05) is 30.7 Å². The van der Waals surface area contributed by atoms with Crippen molar-refractivity contribution < 1.29 is 14.4 Å². The molecular weight excluding hydrogens is 380 g/mol. The zero-order chi connectivity index (χ0) is 20.7. The Morgan fingerprint density at radius 3 is 2.80 bits per heavy atom. The van der Waals surface area contributed by atoms with Gasteiger partial charge in [-0.05, 0) is 37.0 Å². The molecule has 1 aromatic heterocycles. The van der Waals surface area contributed by atoms with Gasteiger partial charge in [0.1, 0.15) is 0 Å². The number of rotatable bonds is 5. The molecule has 3 aliphatic rings. The number of aromatic nitrogens is 1. The van der Waals surface area contributed by atoms with Gasteiger partial charge >= 0.3 is 0 Å². The highest BCUT2D eigenvalue weighted by atomic mass is 16.6. The lowest BCUT2D eigenvalue weighted by atomic mass is 10.0. The highest BCUT2D eigenvalue weighted by molar-refractivity contribution is 6.06. The van der Waals surface area contributed by atoms with Crippen LogP contribution in [0.3, 0.4) is 0 Å². The van der Waals surface area contributed by atoms with Gasteiger partial charge in [-0.25, -0.2) is 0 Å². The second kappa shape index (κ2) is 7.70. The van der Waals surface area contributed by atoms with E-state index in [-0.39, 0.29) is 23.9 Å². The molecular formula is C23H26N4O3. The molecule has 30 heavy (non-hydrogen) atoms. The van der Waals surface area contributed by atoms with E-state index < -0.39 is 6.10 Å². The number of carbonyl (C=O) groups excluding carboxylic acids is 2. The molecule has 0 bridgehead atoms. The third kappa shape index (κ3) is 3.42. The van der Waals surface area contributed by atoms with E-state index in [1.807, 2.05) is 36.1 Å². The quantitative estimate of drug-likeness (QED) is 0.828. The number of likely N-dealkylation sites (tertiary alicyclic amines) is 1. The molecule has 1 saturated heterocycles. The summed E-state index contributed by atoms with van der Waals surface area (Å²) in [6, 6.07) is 7.73. The van der Waals surface area contributed by atoms with E-state index in [2.05, 4.69) is 15.5 Å². The molecule has 2 fully saturated rings. The van der Waals surface area contributed by atoms with Crippen molar-refractivity contribution in [3.63, 3.8) is 0 Å². The number of oxime groups is 1. The van der Waals surface area contributed by atoms with Crippen LogP contribution in [0.1, 0.15) is 49.4 Å². The number of hydrogen-bond acceptors (Lipinski definition) is 5. The molecule has 0 radical (unpaired) electrons. The average Bonchev–Trinajstić information content (AvgIpc) is 3.34. The van der Waals surface area contributed by atoms with Crippen LogP contribution in [0.25, 0.3) is 10.8 Å². The van der Waals surface area contributed by atoms with E-state index in [0.717, 1.165) is 42.2 Å². The fourth-order valence-electron chi connectivity index (χ4n) is 4.75. The minimum atomic E-state index is -0.516. The second-order valence-electron chi connectivity index (χ2n) is 8.45. The maximum atomic E-state index is 13.1. The van der Waals surface area contributed by atoms with Crippen LogP contribution in [0.2, 0.25) is 0 Å². The number of amides is 2. The third-order valence-electron chi connectivity index (χ3n) is 6.48. The van der Waals surface area contributed by atoms with E-state index in [0.29, 0.717) is 24.4 Å². The van der Waals surface area contributed by atoms with E-state index in [9.17, 15) is 9.59 Å². The van der Waals surface area contributed by atoms with Gasteiger partial charge in [-0.3, -0.25) is 14.6 Å². The maximum Gasteiger partial charge on any atom is 0.267 e. The van der Waals surface area contributed by atoms with Crippen molar-refractivity contribution in [2.24, 2.45) is 11.1 Å². The Balaban J connectivity index is 1.32. The maximum absolute atomic E-state index is 13.1. The van der Waals surface area contributed by atoms with Gasteiger partial charge in [0.05, 0.1) is 23.4 Å². The Labute approximate surface area is 175 Å². The summed E-state index contributed by atoms with van der Waals surface area (Å²) in [4.78, 5) is 37.8.